The summed E-state index contributed by atoms with van der Waals surface area (Å²) in [6, 6.07) is 12.3. The number of carboxylic acid groups (broad SMARTS) is 1. The predicted octanol–water partition coefficient (Wildman–Crippen LogP) is 0.935. The van der Waals surface area contributed by atoms with E-state index in [2.05, 4.69) is 10.5 Å². The van der Waals surface area contributed by atoms with Gasteiger partial charge in [0.2, 0.25) is 10.0 Å². The molecule has 1 aliphatic rings. The van der Waals surface area contributed by atoms with Crippen molar-refractivity contribution in [3.63, 3.8) is 0 Å². The summed E-state index contributed by atoms with van der Waals surface area (Å²) in [5.41, 5.74) is 2.92. The summed E-state index contributed by atoms with van der Waals surface area (Å²) in [6.07, 6.45) is 1.31. The van der Waals surface area contributed by atoms with Crippen LogP contribution in [0.4, 0.5) is 0 Å². The van der Waals surface area contributed by atoms with Gasteiger partial charge in [0.1, 0.15) is 5.75 Å². The maximum atomic E-state index is 12.8. The van der Waals surface area contributed by atoms with Gasteiger partial charge in [0, 0.05) is 24.2 Å². The van der Waals surface area contributed by atoms with E-state index < -0.39 is 28.5 Å². The average Bonchev–Trinajstić information content (AvgIpc) is 2.79. The molecule has 0 bridgehead atoms. The number of sulfonamides is 1. The van der Waals surface area contributed by atoms with Crippen molar-refractivity contribution in [3.8, 4) is 5.75 Å². The minimum atomic E-state index is -3.73. The molecular weight excluding hydrogens is 426 g/mol. The fourth-order valence-electron chi connectivity index (χ4n) is 2.82. The summed E-state index contributed by atoms with van der Waals surface area (Å²) < 4.78 is 37.2. The van der Waals surface area contributed by atoms with Gasteiger partial charge in [-0.25, -0.2) is 18.6 Å². The van der Waals surface area contributed by atoms with Crippen molar-refractivity contribution in [2.75, 3.05) is 32.9 Å². The molecule has 11 heteroatoms. The molecule has 0 unspecified atom stereocenters. The number of para-hydroxylation sites is 1. The van der Waals surface area contributed by atoms with Crippen molar-refractivity contribution in [1.82, 2.24) is 9.73 Å². The third-order valence-electron chi connectivity index (χ3n) is 4.34. The number of hydrogen-bond donors (Lipinski definition) is 2. The van der Waals surface area contributed by atoms with Crippen LogP contribution in [0.1, 0.15) is 15.9 Å². The van der Waals surface area contributed by atoms with E-state index >= 15 is 0 Å². The lowest BCUT2D eigenvalue weighted by atomic mass is 10.2. The van der Waals surface area contributed by atoms with Gasteiger partial charge >= 0.3 is 5.97 Å². The molecule has 1 aliphatic heterocycles. The van der Waals surface area contributed by atoms with Gasteiger partial charge in [-0.15, -0.1) is 0 Å². The first kappa shape index (κ1) is 22.4. The number of carbonyl (C=O) groups is 2. The van der Waals surface area contributed by atoms with Crippen LogP contribution >= 0.6 is 0 Å². The first-order valence-corrected chi connectivity index (χ1v) is 10.8. The molecular formula is C20H21N3O7S. The van der Waals surface area contributed by atoms with Gasteiger partial charge in [-0.3, -0.25) is 4.79 Å². The van der Waals surface area contributed by atoms with Crippen LogP contribution in [0.5, 0.6) is 5.75 Å². The van der Waals surface area contributed by atoms with Crippen molar-refractivity contribution >= 4 is 28.1 Å². The summed E-state index contributed by atoms with van der Waals surface area (Å²) in [7, 11) is -3.73. The topological polar surface area (TPSA) is 135 Å². The lowest BCUT2D eigenvalue weighted by Crippen LogP contribution is -2.40. The molecule has 2 aromatic carbocycles. The minimum absolute atomic E-state index is 0.0124. The second-order valence-corrected chi connectivity index (χ2v) is 8.40. The van der Waals surface area contributed by atoms with Crippen LogP contribution in [0.15, 0.2) is 58.5 Å². The predicted molar refractivity (Wildman–Crippen MR) is 111 cm³/mol. The van der Waals surface area contributed by atoms with E-state index in [-0.39, 0.29) is 23.5 Å². The van der Waals surface area contributed by atoms with Crippen molar-refractivity contribution in [2.45, 2.75) is 4.90 Å². The summed E-state index contributed by atoms with van der Waals surface area (Å²) in [5.74, 6) is -1.42. The number of amides is 1. The molecule has 3 rings (SSSR count). The van der Waals surface area contributed by atoms with Crippen LogP contribution in [0.25, 0.3) is 0 Å². The van der Waals surface area contributed by atoms with Crippen LogP contribution in [-0.4, -0.2) is 68.8 Å². The second kappa shape index (κ2) is 10.2. The van der Waals surface area contributed by atoms with Crippen LogP contribution in [0, 0.1) is 0 Å². The molecule has 164 valence electrons. The number of morpholine rings is 1. The number of benzene rings is 2. The van der Waals surface area contributed by atoms with E-state index in [0.29, 0.717) is 24.5 Å². The van der Waals surface area contributed by atoms with E-state index in [1.54, 1.807) is 24.3 Å². The molecule has 31 heavy (non-hydrogen) atoms. The minimum Gasteiger partial charge on any atom is -0.481 e. The summed E-state index contributed by atoms with van der Waals surface area (Å²) in [4.78, 5) is 23.1. The van der Waals surface area contributed by atoms with Crippen LogP contribution in [-0.2, 0) is 19.6 Å². The lowest BCUT2D eigenvalue weighted by molar-refractivity contribution is -0.139. The third-order valence-corrected chi connectivity index (χ3v) is 6.24. The maximum Gasteiger partial charge on any atom is 0.341 e. The molecule has 0 aromatic heterocycles. The van der Waals surface area contributed by atoms with E-state index in [4.69, 9.17) is 14.6 Å². The maximum absolute atomic E-state index is 12.8. The van der Waals surface area contributed by atoms with E-state index in [0.717, 1.165) is 0 Å². The Morgan fingerprint density at radius 3 is 2.65 bits per heavy atom. The second-order valence-electron chi connectivity index (χ2n) is 6.46. The molecule has 1 amide bonds. The number of nitrogens with one attached hydrogen (secondary N) is 1. The molecule has 2 N–H and O–H groups in total. The number of aliphatic carboxylic acids is 1. The highest BCUT2D eigenvalue weighted by Crippen LogP contribution is 2.19. The van der Waals surface area contributed by atoms with Gasteiger partial charge in [0.25, 0.3) is 5.91 Å². The monoisotopic (exact) mass is 447 g/mol. The van der Waals surface area contributed by atoms with Gasteiger partial charge in [-0.2, -0.15) is 9.41 Å². The smallest absolute Gasteiger partial charge is 0.341 e. The van der Waals surface area contributed by atoms with Gasteiger partial charge in [0.05, 0.1) is 24.3 Å². The van der Waals surface area contributed by atoms with Crippen LogP contribution < -0.4 is 10.2 Å². The normalized spacial score (nSPS) is 15.0. The van der Waals surface area contributed by atoms with E-state index in [1.807, 2.05) is 0 Å². The van der Waals surface area contributed by atoms with Gasteiger partial charge < -0.3 is 14.6 Å². The highest BCUT2D eigenvalue weighted by atomic mass is 32.2. The molecule has 0 saturated carbocycles. The standard InChI is InChI=1S/C20H21N3O7S/c24-19(25)14-30-18-7-2-1-4-16(18)13-21-22-20(26)15-5-3-6-17(12-15)31(27,28)23-8-10-29-11-9-23/h1-7,12-13H,8-11,14H2,(H,22,26)(H,24,25). The number of carboxylic acids is 1. The Kier molecular flexibility index (Phi) is 7.34. The number of rotatable bonds is 8. The van der Waals surface area contributed by atoms with Crippen LogP contribution in [0.3, 0.4) is 0 Å². The Morgan fingerprint density at radius 1 is 1.16 bits per heavy atom. The van der Waals surface area contributed by atoms with Crippen molar-refractivity contribution in [2.24, 2.45) is 5.10 Å². The van der Waals surface area contributed by atoms with Gasteiger partial charge in [-0.05, 0) is 30.3 Å². The molecule has 0 spiro atoms. The SMILES string of the molecule is O=C(O)COc1ccccc1C=NNC(=O)c1cccc(S(=O)(=O)N2CCOCC2)c1. The zero-order chi connectivity index (χ0) is 22.3. The molecule has 1 fully saturated rings. The lowest BCUT2D eigenvalue weighted by Gasteiger charge is -2.26. The van der Waals surface area contributed by atoms with E-state index in [1.165, 1.54) is 34.8 Å². The molecule has 1 saturated heterocycles. The Morgan fingerprint density at radius 2 is 1.90 bits per heavy atom. The fraction of sp³-hybridized carbons (Fsp3) is 0.250. The molecule has 0 atom stereocenters. The van der Waals surface area contributed by atoms with Gasteiger partial charge in [-0.1, -0.05) is 18.2 Å². The van der Waals surface area contributed by atoms with Crippen molar-refractivity contribution in [3.05, 3.63) is 59.7 Å². The number of nitrogens with zero attached hydrogens (tertiary/aromatic N) is 2. The first-order valence-electron chi connectivity index (χ1n) is 9.33. The number of hydrazone groups is 1. The number of hydrogen-bond acceptors (Lipinski definition) is 7. The zero-order valence-electron chi connectivity index (χ0n) is 16.4. The molecule has 2 aromatic rings. The van der Waals surface area contributed by atoms with Crippen LogP contribution in [0.2, 0.25) is 0 Å². The summed E-state index contributed by atoms with van der Waals surface area (Å²) in [6.45, 7) is 0.651. The Hall–Kier alpha value is -3.28. The highest BCUT2D eigenvalue weighted by Gasteiger charge is 2.26. The van der Waals surface area contributed by atoms with Crippen molar-refractivity contribution in [1.29, 1.82) is 0 Å². The zero-order valence-corrected chi connectivity index (χ0v) is 17.2. The third kappa shape index (κ3) is 5.87. The Labute approximate surface area is 179 Å². The molecule has 10 nitrogen and oxygen atoms in total. The number of ether oxygens (including phenoxy) is 2. The molecule has 0 radical (unpaired) electrons. The largest absolute Gasteiger partial charge is 0.481 e. The van der Waals surface area contributed by atoms with Gasteiger partial charge in [0.15, 0.2) is 6.61 Å². The summed E-state index contributed by atoms with van der Waals surface area (Å²) in [5, 5.41) is 12.6. The Balaban J connectivity index is 1.69. The molecule has 0 aliphatic carbocycles. The first-order chi connectivity index (χ1) is 14.9. The highest BCUT2D eigenvalue weighted by molar-refractivity contribution is 7.89. The number of carbonyl (C=O) groups excluding carboxylic acids is 1. The molecule has 1 heterocycles. The summed E-state index contributed by atoms with van der Waals surface area (Å²) >= 11 is 0. The average molecular weight is 447 g/mol. The van der Waals surface area contributed by atoms with Crippen molar-refractivity contribution < 1.29 is 32.6 Å². The Bertz CT molecular complexity index is 1080. The fourth-order valence-corrected chi connectivity index (χ4v) is 4.27. The van der Waals surface area contributed by atoms with E-state index in [9.17, 15) is 18.0 Å². The quantitative estimate of drug-likeness (QED) is 0.454.